The number of aliphatic hydroxyl groups is 2. The SMILES string of the molecule is CC(=O)C1=C(O)C[C@](C)(O)[C@@H](C(C)=O)[C@H]1c1ccccc1. The summed E-state index contributed by atoms with van der Waals surface area (Å²) in [4.78, 5) is 24.1. The maximum atomic E-state index is 12.1. The van der Waals surface area contributed by atoms with Crippen LogP contribution >= 0.6 is 0 Å². The summed E-state index contributed by atoms with van der Waals surface area (Å²) in [5.74, 6) is -1.97. The smallest absolute Gasteiger partial charge is 0.159 e. The van der Waals surface area contributed by atoms with Gasteiger partial charge in [0.05, 0.1) is 11.5 Å². The van der Waals surface area contributed by atoms with Crippen LogP contribution in [-0.4, -0.2) is 27.4 Å². The molecule has 1 aliphatic carbocycles. The fraction of sp³-hybridized carbons (Fsp3) is 0.412. The van der Waals surface area contributed by atoms with E-state index >= 15 is 0 Å². The molecule has 4 heteroatoms. The fourth-order valence-corrected chi connectivity index (χ4v) is 3.36. The number of hydrogen-bond donors (Lipinski definition) is 2. The first kappa shape index (κ1) is 15.4. The number of carbonyl (C=O) groups is 2. The molecular formula is C17H20O4. The van der Waals surface area contributed by atoms with Gasteiger partial charge in [-0.2, -0.15) is 0 Å². The number of Topliss-reactive ketones (excluding diaryl/α,β-unsaturated/α-hetero) is 2. The van der Waals surface area contributed by atoms with Crippen LogP contribution in [0.2, 0.25) is 0 Å². The lowest BCUT2D eigenvalue weighted by Crippen LogP contribution is -2.47. The van der Waals surface area contributed by atoms with E-state index in [1.165, 1.54) is 20.8 Å². The molecule has 112 valence electrons. The second-order valence-corrected chi connectivity index (χ2v) is 5.93. The highest BCUT2D eigenvalue weighted by atomic mass is 16.3. The molecule has 0 amide bonds. The Bertz CT molecular complexity index is 598. The van der Waals surface area contributed by atoms with Gasteiger partial charge in [-0.3, -0.25) is 9.59 Å². The Morgan fingerprint density at radius 1 is 1.19 bits per heavy atom. The first-order valence-corrected chi connectivity index (χ1v) is 6.96. The Balaban J connectivity index is 2.69. The van der Waals surface area contributed by atoms with Crippen molar-refractivity contribution in [3.63, 3.8) is 0 Å². The van der Waals surface area contributed by atoms with Crippen molar-refractivity contribution in [2.24, 2.45) is 5.92 Å². The Morgan fingerprint density at radius 2 is 1.76 bits per heavy atom. The number of rotatable bonds is 3. The quantitative estimate of drug-likeness (QED) is 0.896. The minimum Gasteiger partial charge on any atom is -0.512 e. The third kappa shape index (κ3) is 2.76. The molecule has 0 fully saturated rings. The molecule has 0 heterocycles. The highest BCUT2D eigenvalue weighted by molar-refractivity contribution is 5.97. The van der Waals surface area contributed by atoms with Gasteiger partial charge < -0.3 is 10.2 Å². The Morgan fingerprint density at radius 3 is 2.24 bits per heavy atom. The molecular weight excluding hydrogens is 268 g/mol. The average Bonchev–Trinajstić information content (AvgIpc) is 2.36. The van der Waals surface area contributed by atoms with Crippen molar-refractivity contribution in [2.75, 3.05) is 0 Å². The summed E-state index contributed by atoms with van der Waals surface area (Å²) < 4.78 is 0. The highest BCUT2D eigenvalue weighted by Crippen LogP contribution is 2.46. The van der Waals surface area contributed by atoms with Crippen LogP contribution in [0.4, 0.5) is 0 Å². The Kier molecular flexibility index (Phi) is 4.01. The van der Waals surface area contributed by atoms with Gasteiger partial charge in [-0.05, 0) is 26.3 Å². The lowest BCUT2D eigenvalue weighted by atomic mass is 9.64. The van der Waals surface area contributed by atoms with E-state index in [1.807, 2.05) is 18.2 Å². The van der Waals surface area contributed by atoms with Crippen LogP contribution < -0.4 is 0 Å². The van der Waals surface area contributed by atoms with Gasteiger partial charge in [-0.25, -0.2) is 0 Å². The van der Waals surface area contributed by atoms with Gasteiger partial charge in [-0.15, -0.1) is 0 Å². The Hall–Kier alpha value is -1.94. The molecule has 0 unspecified atom stereocenters. The number of benzene rings is 1. The number of hydrogen-bond acceptors (Lipinski definition) is 4. The predicted molar refractivity (Wildman–Crippen MR) is 78.9 cm³/mol. The molecule has 1 aliphatic rings. The van der Waals surface area contributed by atoms with Crippen LogP contribution in [0, 0.1) is 5.92 Å². The van der Waals surface area contributed by atoms with Crippen molar-refractivity contribution in [1.82, 2.24) is 0 Å². The van der Waals surface area contributed by atoms with Crippen LogP contribution in [0.3, 0.4) is 0 Å². The molecule has 2 rings (SSSR count). The first-order valence-electron chi connectivity index (χ1n) is 6.96. The van der Waals surface area contributed by atoms with E-state index in [0.717, 1.165) is 5.56 Å². The molecule has 0 aromatic heterocycles. The van der Waals surface area contributed by atoms with E-state index in [-0.39, 0.29) is 29.3 Å². The number of carbonyl (C=O) groups excluding carboxylic acids is 2. The minimum atomic E-state index is -1.38. The zero-order valence-electron chi connectivity index (χ0n) is 12.5. The fourth-order valence-electron chi connectivity index (χ4n) is 3.36. The number of allylic oxidation sites excluding steroid dienone is 1. The molecule has 21 heavy (non-hydrogen) atoms. The summed E-state index contributed by atoms with van der Waals surface area (Å²) in [5, 5.41) is 20.8. The van der Waals surface area contributed by atoms with Crippen molar-refractivity contribution < 1.29 is 19.8 Å². The summed E-state index contributed by atoms with van der Waals surface area (Å²) in [6, 6.07) is 9.07. The molecule has 2 N–H and O–H groups in total. The first-order chi connectivity index (χ1) is 9.75. The summed E-state index contributed by atoms with van der Waals surface area (Å²) in [6.07, 6.45) is -0.0878. The summed E-state index contributed by atoms with van der Waals surface area (Å²) in [7, 11) is 0. The maximum absolute atomic E-state index is 12.1. The summed E-state index contributed by atoms with van der Waals surface area (Å²) in [6.45, 7) is 4.32. The highest BCUT2D eigenvalue weighted by Gasteiger charge is 2.49. The van der Waals surface area contributed by atoms with E-state index < -0.39 is 17.4 Å². The monoisotopic (exact) mass is 288 g/mol. The second-order valence-electron chi connectivity index (χ2n) is 5.93. The van der Waals surface area contributed by atoms with Crippen molar-refractivity contribution in [3.05, 3.63) is 47.2 Å². The van der Waals surface area contributed by atoms with E-state index in [0.29, 0.717) is 0 Å². The number of aliphatic hydroxyl groups excluding tert-OH is 1. The van der Waals surface area contributed by atoms with Gasteiger partial charge in [0.1, 0.15) is 11.5 Å². The predicted octanol–water partition coefficient (Wildman–Crippen LogP) is 2.53. The van der Waals surface area contributed by atoms with Crippen molar-refractivity contribution in [3.8, 4) is 0 Å². The molecule has 0 aliphatic heterocycles. The summed E-state index contributed by atoms with van der Waals surface area (Å²) in [5.41, 5.74) is -0.405. The largest absolute Gasteiger partial charge is 0.512 e. The standard InChI is InChI=1S/C17H20O4/c1-10(18)14-13(20)9-17(3,21)16(11(2)19)15(14)12-7-5-4-6-8-12/h4-8,15-16,20-21H,9H2,1-3H3/t15-,16-,17-/m0/s1. The lowest BCUT2D eigenvalue weighted by molar-refractivity contribution is -0.132. The lowest BCUT2D eigenvalue weighted by Gasteiger charge is -2.41. The zero-order valence-corrected chi connectivity index (χ0v) is 12.5. The van der Waals surface area contributed by atoms with Gasteiger partial charge in [-0.1, -0.05) is 30.3 Å². The molecule has 4 nitrogen and oxygen atoms in total. The van der Waals surface area contributed by atoms with Gasteiger partial charge >= 0.3 is 0 Å². The van der Waals surface area contributed by atoms with Crippen LogP contribution in [-0.2, 0) is 9.59 Å². The molecule has 1 aromatic carbocycles. The maximum Gasteiger partial charge on any atom is 0.159 e. The molecule has 0 radical (unpaired) electrons. The van der Waals surface area contributed by atoms with Gasteiger partial charge in [0.2, 0.25) is 0 Å². The molecule has 0 saturated carbocycles. The second kappa shape index (κ2) is 5.45. The molecule has 0 spiro atoms. The minimum absolute atomic E-state index is 0.0878. The van der Waals surface area contributed by atoms with Gasteiger partial charge in [0, 0.05) is 17.9 Å². The molecule has 0 bridgehead atoms. The Labute approximate surface area is 124 Å². The van der Waals surface area contributed by atoms with Gasteiger partial charge in [0.25, 0.3) is 0 Å². The number of ketones is 2. The third-order valence-electron chi connectivity index (χ3n) is 4.13. The van der Waals surface area contributed by atoms with Crippen molar-refractivity contribution in [1.29, 1.82) is 0 Å². The van der Waals surface area contributed by atoms with E-state index in [1.54, 1.807) is 12.1 Å². The van der Waals surface area contributed by atoms with E-state index in [4.69, 9.17) is 0 Å². The molecule has 3 atom stereocenters. The van der Waals surface area contributed by atoms with Crippen molar-refractivity contribution in [2.45, 2.75) is 38.7 Å². The van der Waals surface area contributed by atoms with Crippen molar-refractivity contribution >= 4 is 11.6 Å². The van der Waals surface area contributed by atoms with E-state index in [9.17, 15) is 19.8 Å². The molecule has 1 aromatic rings. The zero-order chi connectivity index (χ0) is 15.8. The third-order valence-corrected chi connectivity index (χ3v) is 4.13. The van der Waals surface area contributed by atoms with Crippen LogP contribution in [0.1, 0.15) is 38.7 Å². The van der Waals surface area contributed by atoms with E-state index in [2.05, 4.69) is 0 Å². The normalized spacial score (nSPS) is 29.3. The van der Waals surface area contributed by atoms with Gasteiger partial charge in [0.15, 0.2) is 5.78 Å². The average molecular weight is 288 g/mol. The van der Waals surface area contributed by atoms with Crippen LogP contribution in [0.5, 0.6) is 0 Å². The molecule has 0 saturated heterocycles. The summed E-state index contributed by atoms with van der Waals surface area (Å²) >= 11 is 0. The topological polar surface area (TPSA) is 74.6 Å². The van der Waals surface area contributed by atoms with Crippen LogP contribution in [0.15, 0.2) is 41.7 Å². The van der Waals surface area contributed by atoms with Crippen LogP contribution in [0.25, 0.3) is 0 Å².